The molecule has 1 aromatic rings. The molecule has 3 rings (SSSR count). The normalized spacial score (nSPS) is 21.0. The molecule has 0 saturated heterocycles. The van der Waals surface area contributed by atoms with Gasteiger partial charge in [0.1, 0.15) is 6.04 Å². The van der Waals surface area contributed by atoms with Crippen LogP contribution in [-0.2, 0) is 14.3 Å². The summed E-state index contributed by atoms with van der Waals surface area (Å²) >= 11 is 0. The van der Waals surface area contributed by atoms with E-state index in [1.54, 1.807) is 24.3 Å². The minimum atomic E-state index is -1.01. The first-order chi connectivity index (χ1) is 11.9. The van der Waals surface area contributed by atoms with Crippen LogP contribution in [0, 0.1) is 5.92 Å². The molecule has 1 aliphatic heterocycles. The van der Waals surface area contributed by atoms with Gasteiger partial charge in [-0.2, -0.15) is 0 Å². The predicted octanol–water partition coefficient (Wildman–Crippen LogP) is 2.36. The zero-order valence-electron chi connectivity index (χ0n) is 14.4. The molecule has 0 spiro atoms. The summed E-state index contributed by atoms with van der Waals surface area (Å²) in [5.74, 6) is -1.68. The van der Waals surface area contributed by atoms with E-state index in [1.807, 2.05) is 13.8 Å². The fraction of sp³-hybridized carbons (Fsp3) is 0.474. The Labute approximate surface area is 146 Å². The van der Waals surface area contributed by atoms with Crippen molar-refractivity contribution in [1.82, 2.24) is 4.90 Å². The van der Waals surface area contributed by atoms with Gasteiger partial charge in [-0.1, -0.05) is 26.0 Å². The second kappa shape index (κ2) is 6.78. The maximum absolute atomic E-state index is 12.7. The van der Waals surface area contributed by atoms with E-state index < -0.39 is 29.9 Å². The van der Waals surface area contributed by atoms with Crippen LogP contribution in [0.4, 0.5) is 0 Å². The summed E-state index contributed by atoms with van der Waals surface area (Å²) in [6, 6.07) is 5.50. The third kappa shape index (κ3) is 3.21. The molecule has 25 heavy (non-hydrogen) atoms. The topological polar surface area (TPSA) is 80.8 Å². The smallest absolute Gasteiger partial charge is 0.330 e. The summed E-state index contributed by atoms with van der Waals surface area (Å²) in [7, 11) is 0. The van der Waals surface area contributed by atoms with Crippen LogP contribution in [0.3, 0.4) is 0 Å². The summed E-state index contributed by atoms with van der Waals surface area (Å²) in [5.41, 5.74) is 0.594. The first-order valence-electron chi connectivity index (χ1n) is 8.60. The summed E-state index contributed by atoms with van der Waals surface area (Å²) in [6.45, 7) is 3.80. The van der Waals surface area contributed by atoms with Gasteiger partial charge in [0.2, 0.25) is 0 Å². The zero-order valence-corrected chi connectivity index (χ0v) is 14.4. The standard InChI is InChI=1S/C19H21NO5/c1-11(2)10-14(19(24)25-16-9-5-8-15(16)21)20-17(22)12-6-3-4-7-13(12)18(20)23/h3-4,6-7,11,14,16H,5,8-10H2,1-2H3/t14-,16+/m1/s1. The molecule has 1 saturated carbocycles. The van der Waals surface area contributed by atoms with Crippen molar-refractivity contribution in [1.29, 1.82) is 0 Å². The highest BCUT2D eigenvalue weighted by Gasteiger charge is 2.44. The van der Waals surface area contributed by atoms with E-state index in [9.17, 15) is 19.2 Å². The lowest BCUT2D eigenvalue weighted by Gasteiger charge is -2.27. The summed E-state index contributed by atoms with van der Waals surface area (Å²) in [5, 5.41) is 0. The molecule has 0 bridgehead atoms. The van der Waals surface area contributed by atoms with Crippen molar-refractivity contribution in [3.63, 3.8) is 0 Å². The summed E-state index contributed by atoms with van der Waals surface area (Å²) < 4.78 is 5.36. The van der Waals surface area contributed by atoms with E-state index in [4.69, 9.17) is 4.74 Å². The Balaban J connectivity index is 1.86. The Hall–Kier alpha value is -2.50. The van der Waals surface area contributed by atoms with Crippen LogP contribution >= 0.6 is 0 Å². The van der Waals surface area contributed by atoms with Crippen molar-refractivity contribution in [2.24, 2.45) is 5.92 Å². The molecule has 0 N–H and O–H groups in total. The number of hydrogen-bond donors (Lipinski definition) is 0. The SMILES string of the molecule is CC(C)C[C@H](C(=O)O[C@H]1CCCC1=O)N1C(=O)c2ccccc2C1=O. The molecule has 6 heteroatoms. The first-order valence-corrected chi connectivity index (χ1v) is 8.60. The first kappa shape index (κ1) is 17.3. The van der Waals surface area contributed by atoms with E-state index in [1.165, 1.54) is 0 Å². The predicted molar refractivity (Wildman–Crippen MR) is 88.9 cm³/mol. The van der Waals surface area contributed by atoms with Gasteiger partial charge >= 0.3 is 5.97 Å². The Bertz CT molecular complexity index is 704. The minimum absolute atomic E-state index is 0.0705. The maximum atomic E-state index is 12.7. The van der Waals surface area contributed by atoms with Crippen molar-refractivity contribution >= 4 is 23.6 Å². The lowest BCUT2D eigenvalue weighted by molar-refractivity contribution is -0.158. The number of ether oxygens (including phenoxy) is 1. The number of fused-ring (bicyclic) bond motifs is 1. The molecule has 1 aromatic carbocycles. The maximum Gasteiger partial charge on any atom is 0.330 e. The van der Waals surface area contributed by atoms with Gasteiger partial charge in [-0.25, -0.2) is 4.79 Å². The number of hydrogen-bond acceptors (Lipinski definition) is 5. The molecule has 0 unspecified atom stereocenters. The molecule has 2 amide bonds. The molecule has 1 aliphatic carbocycles. The van der Waals surface area contributed by atoms with Gasteiger partial charge in [0.05, 0.1) is 11.1 Å². The van der Waals surface area contributed by atoms with Gasteiger partial charge in [0, 0.05) is 6.42 Å². The van der Waals surface area contributed by atoms with E-state index in [0.29, 0.717) is 36.8 Å². The van der Waals surface area contributed by atoms with Crippen LogP contribution < -0.4 is 0 Å². The van der Waals surface area contributed by atoms with Gasteiger partial charge in [-0.3, -0.25) is 19.3 Å². The highest BCUT2D eigenvalue weighted by atomic mass is 16.5. The largest absolute Gasteiger partial charge is 0.453 e. The third-order valence-corrected chi connectivity index (χ3v) is 4.61. The van der Waals surface area contributed by atoms with Crippen LogP contribution in [0.1, 0.15) is 60.2 Å². The Kier molecular flexibility index (Phi) is 4.70. The Morgan fingerprint density at radius 3 is 2.24 bits per heavy atom. The van der Waals surface area contributed by atoms with Crippen molar-refractivity contribution in [2.45, 2.75) is 51.7 Å². The quantitative estimate of drug-likeness (QED) is 0.605. The lowest BCUT2D eigenvalue weighted by atomic mass is 10.0. The van der Waals surface area contributed by atoms with Gasteiger partial charge in [-0.05, 0) is 37.3 Å². The van der Waals surface area contributed by atoms with Crippen LogP contribution in [-0.4, -0.2) is 40.6 Å². The van der Waals surface area contributed by atoms with Crippen molar-refractivity contribution in [3.05, 3.63) is 35.4 Å². The lowest BCUT2D eigenvalue weighted by Crippen LogP contribution is -2.47. The van der Waals surface area contributed by atoms with E-state index in [0.717, 1.165) is 4.90 Å². The average molecular weight is 343 g/mol. The Morgan fingerprint density at radius 1 is 1.16 bits per heavy atom. The van der Waals surface area contributed by atoms with Crippen LogP contribution in [0.25, 0.3) is 0 Å². The van der Waals surface area contributed by atoms with Crippen LogP contribution in [0.2, 0.25) is 0 Å². The number of Topliss-reactive ketones (excluding diaryl/α,β-unsaturated/α-hetero) is 1. The number of carbonyl (C=O) groups excluding carboxylic acids is 4. The highest BCUT2D eigenvalue weighted by molar-refractivity contribution is 6.22. The van der Waals surface area contributed by atoms with Gasteiger partial charge in [0.25, 0.3) is 11.8 Å². The summed E-state index contributed by atoms with van der Waals surface area (Å²) in [4.78, 5) is 50.8. The number of esters is 1. The Morgan fingerprint density at radius 2 is 1.76 bits per heavy atom. The van der Waals surface area contributed by atoms with Gasteiger partial charge < -0.3 is 4.74 Å². The average Bonchev–Trinajstić information content (AvgIpc) is 3.08. The molecule has 1 fully saturated rings. The fourth-order valence-electron chi connectivity index (χ4n) is 3.37. The molecular formula is C19H21NO5. The van der Waals surface area contributed by atoms with Gasteiger partial charge in [0.15, 0.2) is 11.9 Å². The molecule has 2 aliphatic rings. The molecule has 1 heterocycles. The van der Waals surface area contributed by atoms with Crippen molar-refractivity contribution in [2.75, 3.05) is 0 Å². The third-order valence-electron chi connectivity index (χ3n) is 4.61. The molecule has 2 atom stereocenters. The molecular weight excluding hydrogens is 322 g/mol. The van der Waals surface area contributed by atoms with Crippen LogP contribution in [0.15, 0.2) is 24.3 Å². The second-order valence-corrected chi connectivity index (χ2v) is 6.96. The van der Waals surface area contributed by atoms with E-state index in [2.05, 4.69) is 0 Å². The number of rotatable bonds is 5. The highest BCUT2D eigenvalue weighted by Crippen LogP contribution is 2.28. The monoisotopic (exact) mass is 343 g/mol. The number of amides is 2. The molecule has 6 nitrogen and oxygen atoms in total. The van der Waals surface area contributed by atoms with E-state index in [-0.39, 0.29) is 11.7 Å². The summed E-state index contributed by atoms with van der Waals surface area (Å²) in [6.07, 6.45) is 1.14. The number of ketones is 1. The second-order valence-electron chi connectivity index (χ2n) is 6.96. The van der Waals surface area contributed by atoms with Crippen molar-refractivity contribution < 1.29 is 23.9 Å². The number of benzene rings is 1. The van der Waals surface area contributed by atoms with Crippen molar-refractivity contribution in [3.8, 4) is 0 Å². The van der Waals surface area contributed by atoms with Crippen LogP contribution in [0.5, 0.6) is 0 Å². The number of carbonyl (C=O) groups is 4. The van der Waals surface area contributed by atoms with Gasteiger partial charge in [-0.15, -0.1) is 0 Å². The molecule has 132 valence electrons. The zero-order chi connectivity index (χ0) is 18.1. The van der Waals surface area contributed by atoms with E-state index >= 15 is 0 Å². The minimum Gasteiger partial charge on any atom is -0.453 e. The molecule has 0 radical (unpaired) electrons. The number of nitrogens with zero attached hydrogens (tertiary/aromatic N) is 1. The fourth-order valence-corrected chi connectivity index (χ4v) is 3.37. The number of imide groups is 1. The molecule has 0 aromatic heterocycles.